The number of hydrogen-bond donors (Lipinski definition) is 0. The Morgan fingerprint density at radius 1 is 1.13 bits per heavy atom. The van der Waals surface area contributed by atoms with Gasteiger partial charge in [0.1, 0.15) is 16.4 Å². The van der Waals surface area contributed by atoms with E-state index in [9.17, 15) is 14.0 Å². The summed E-state index contributed by atoms with van der Waals surface area (Å²) in [6.07, 6.45) is 0. The van der Waals surface area contributed by atoms with Crippen LogP contribution in [-0.2, 0) is 4.79 Å². The van der Waals surface area contributed by atoms with E-state index in [4.69, 9.17) is 4.98 Å². The lowest BCUT2D eigenvalue weighted by molar-refractivity contribution is -0.116. The number of thiophene rings is 1. The summed E-state index contributed by atoms with van der Waals surface area (Å²) >= 11 is 2.70. The van der Waals surface area contributed by atoms with Gasteiger partial charge in [0.05, 0.1) is 16.3 Å². The molecule has 0 amide bonds. The van der Waals surface area contributed by atoms with E-state index in [1.54, 1.807) is 16.7 Å². The number of aryl methyl sites for hydroxylation is 1. The number of hydrogen-bond acceptors (Lipinski definition) is 5. The molecular weight excluding hydrogens is 419 g/mol. The molecular formula is C23H19FN2O2S2. The summed E-state index contributed by atoms with van der Waals surface area (Å²) in [7, 11) is 0. The van der Waals surface area contributed by atoms with Crippen molar-refractivity contribution in [1.29, 1.82) is 0 Å². The molecule has 4 rings (SSSR count). The van der Waals surface area contributed by atoms with Crippen LogP contribution in [0.4, 0.5) is 4.39 Å². The zero-order chi connectivity index (χ0) is 21.4. The van der Waals surface area contributed by atoms with Crippen LogP contribution in [0.1, 0.15) is 18.7 Å². The van der Waals surface area contributed by atoms with Gasteiger partial charge in [-0.3, -0.25) is 14.2 Å². The maximum atomic E-state index is 13.7. The average Bonchev–Trinajstić information content (AvgIpc) is 3.05. The maximum Gasteiger partial charge on any atom is 0.268 e. The molecule has 2 aromatic carbocycles. The number of fused-ring (bicyclic) bond motifs is 1. The number of nitrogens with zero attached hydrogens (tertiary/aromatic N) is 2. The van der Waals surface area contributed by atoms with Crippen LogP contribution >= 0.6 is 23.1 Å². The van der Waals surface area contributed by atoms with Gasteiger partial charge >= 0.3 is 0 Å². The van der Waals surface area contributed by atoms with Gasteiger partial charge in [-0.2, -0.15) is 0 Å². The van der Waals surface area contributed by atoms with Gasteiger partial charge in [0.2, 0.25) is 0 Å². The largest absolute Gasteiger partial charge is 0.299 e. The molecule has 30 heavy (non-hydrogen) atoms. The summed E-state index contributed by atoms with van der Waals surface area (Å²) in [5, 5.41) is 0.656. The second-order valence-electron chi connectivity index (χ2n) is 6.96. The Labute approximate surface area is 181 Å². The van der Waals surface area contributed by atoms with Crippen LogP contribution in [0.15, 0.2) is 64.5 Å². The van der Waals surface area contributed by atoms with Crippen LogP contribution in [0.2, 0.25) is 0 Å². The lowest BCUT2D eigenvalue weighted by Crippen LogP contribution is -2.23. The molecule has 0 saturated heterocycles. The Bertz CT molecular complexity index is 1300. The molecule has 0 bridgehead atoms. The van der Waals surface area contributed by atoms with Crippen molar-refractivity contribution < 1.29 is 9.18 Å². The van der Waals surface area contributed by atoms with Gasteiger partial charge in [-0.1, -0.05) is 42.1 Å². The highest BCUT2D eigenvalue weighted by molar-refractivity contribution is 8.00. The van der Waals surface area contributed by atoms with Gasteiger partial charge in [0, 0.05) is 10.4 Å². The van der Waals surface area contributed by atoms with Crippen LogP contribution in [0.5, 0.6) is 0 Å². The van der Waals surface area contributed by atoms with E-state index in [2.05, 4.69) is 0 Å². The number of aromatic nitrogens is 2. The SMILES string of the molecule is CC(=O)C(C)Sc1nc2sc(C)c(-c3ccc(F)cc3)c2c(=O)n1-c1ccccc1. The van der Waals surface area contributed by atoms with Gasteiger partial charge in [-0.25, -0.2) is 9.37 Å². The van der Waals surface area contributed by atoms with Crippen molar-refractivity contribution in [2.24, 2.45) is 0 Å². The van der Waals surface area contributed by atoms with Crippen molar-refractivity contribution in [3.05, 3.63) is 75.6 Å². The zero-order valence-electron chi connectivity index (χ0n) is 16.7. The summed E-state index contributed by atoms with van der Waals surface area (Å²) in [5.41, 5.74) is 2.03. The molecule has 4 aromatic rings. The predicted molar refractivity (Wildman–Crippen MR) is 121 cm³/mol. The van der Waals surface area contributed by atoms with Gasteiger partial charge in [0.15, 0.2) is 5.16 Å². The zero-order valence-corrected chi connectivity index (χ0v) is 18.3. The standard InChI is InChI=1S/C23H19FN2O2S2/c1-13(27)14(2)30-23-25-21-20(22(28)26(23)18-7-5-4-6-8-18)19(15(3)29-21)16-9-11-17(24)12-10-16/h4-12,14H,1-3H3. The van der Waals surface area contributed by atoms with E-state index in [0.717, 1.165) is 16.0 Å². The Hall–Kier alpha value is -2.77. The van der Waals surface area contributed by atoms with Gasteiger partial charge in [0.25, 0.3) is 5.56 Å². The van der Waals surface area contributed by atoms with Crippen LogP contribution in [0.3, 0.4) is 0 Å². The van der Waals surface area contributed by atoms with Crippen LogP contribution < -0.4 is 5.56 Å². The molecule has 4 nitrogen and oxygen atoms in total. The van der Waals surface area contributed by atoms with Crippen molar-refractivity contribution in [3.8, 4) is 16.8 Å². The molecule has 7 heteroatoms. The molecule has 1 unspecified atom stereocenters. The summed E-state index contributed by atoms with van der Waals surface area (Å²) in [4.78, 5) is 31.9. The number of para-hydroxylation sites is 1. The Balaban J connectivity index is 2.03. The number of ketones is 1. The number of rotatable bonds is 5. The van der Waals surface area contributed by atoms with Crippen LogP contribution in [-0.4, -0.2) is 20.6 Å². The third-order valence-electron chi connectivity index (χ3n) is 4.87. The van der Waals surface area contributed by atoms with E-state index in [0.29, 0.717) is 21.1 Å². The monoisotopic (exact) mass is 438 g/mol. The van der Waals surface area contributed by atoms with Crippen LogP contribution in [0, 0.1) is 12.7 Å². The molecule has 0 radical (unpaired) electrons. The van der Waals surface area contributed by atoms with Gasteiger partial charge < -0.3 is 0 Å². The topological polar surface area (TPSA) is 52.0 Å². The molecule has 152 valence electrons. The summed E-state index contributed by atoms with van der Waals surface area (Å²) in [5.74, 6) is -0.309. The lowest BCUT2D eigenvalue weighted by atomic mass is 10.0. The minimum absolute atomic E-state index is 0.0170. The molecule has 2 aromatic heterocycles. The Morgan fingerprint density at radius 3 is 2.43 bits per heavy atom. The lowest BCUT2D eigenvalue weighted by Gasteiger charge is -2.14. The molecule has 0 aliphatic carbocycles. The van der Waals surface area contributed by atoms with Crippen molar-refractivity contribution in [2.75, 3.05) is 0 Å². The average molecular weight is 439 g/mol. The van der Waals surface area contributed by atoms with E-state index < -0.39 is 0 Å². The van der Waals surface area contributed by atoms with E-state index >= 15 is 0 Å². The fourth-order valence-corrected chi connectivity index (χ4v) is 5.25. The number of halogens is 1. The van der Waals surface area contributed by atoms with Crippen molar-refractivity contribution in [1.82, 2.24) is 9.55 Å². The molecule has 2 heterocycles. The summed E-state index contributed by atoms with van der Waals surface area (Å²) < 4.78 is 15.0. The first-order chi connectivity index (χ1) is 14.4. The van der Waals surface area contributed by atoms with E-state index in [1.165, 1.54) is 42.2 Å². The quantitative estimate of drug-likeness (QED) is 0.299. The second kappa shape index (κ2) is 8.16. The van der Waals surface area contributed by atoms with Crippen molar-refractivity contribution in [3.63, 3.8) is 0 Å². The summed E-state index contributed by atoms with van der Waals surface area (Å²) in [6.45, 7) is 5.27. The molecule has 1 atom stereocenters. The van der Waals surface area contributed by atoms with Gasteiger partial charge in [-0.15, -0.1) is 11.3 Å². The molecule has 0 aliphatic heterocycles. The van der Waals surface area contributed by atoms with E-state index in [1.807, 2.05) is 44.2 Å². The molecule has 0 aliphatic rings. The number of thioether (sulfide) groups is 1. The first-order valence-corrected chi connectivity index (χ1v) is 11.1. The van der Waals surface area contributed by atoms with Crippen molar-refractivity contribution >= 4 is 39.1 Å². The highest BCUT2D eigenvalue weighted by Gasteiger charge is 2.22. The predicted octanol–water partition coefficient (Wildman–Crippen LogP) is 5.63. The number of Topliss-reactive ketones (excluding diaryl/α,β-unsaturated/α-hetero) is 1. The van der Waals surface area contributed by atoms with Gasteiger partial charge in [-0.05, 0) is 50.6 Å². The maximum absolute atomic E-state index is 13.7. The molecule has 0 spiro atoms. The first kappa shape index (κ1) is 20.5. The first-order valence-electron chi connectivity index (χ1n) is 9.41. The third-order valence-corrected chi connectivity index (χ3v) is 7.04. The Morgan fingerprint density at radius 2 is 1.80 bits per heavy atom. The third kappa shape index (κ3) is 3.70. The molecule has 0 saturated carbocycles. The van der Waals surface area contributed by atoms with Crippen LogP contribution in [0.25, 0.3) is 27.0 Å². The molecule has 0 N–H and O–H groups in total. The number of benzene rings is 2. The highest BCUT2D eigenvalue weighted by atomic mass is 32.2. The smallest absolute Gasteiger partial charge is 0.268 e. The number of carbonyl (C=O) groups is 1. The Kier molecular flexibility index (Phi) is 5.58. The summed E-state index contributed by atoms with van der Waals surface area (Å²) in [6, 6.07) is 15.4. The number of carbonyl (C=O) groups excluding carboxylic acids is 1. The fourth-order valence-electron chi connectivity index (χ4n) is 3.23. The normalized spacial score (nSPS) is 12.3. The minimum Gasteiger partial charge on any atom is -0.299 e. The van der Waals surface area contributed by atoms with E-state index in [-0.39, 0.29) is 22.4 Å². The molecule has 0 fully saturated rings. The fraction of sp³-hybridized carbons (Fsp3) is 0.174. The van der Waals surface area contributed by atoms with Crippen molar-refractivity contribution in [2.45, 2.75) is 31.2 Å². The second-order valence-corrected chi connectivity index (χ2v) is 9.47. The minimum atomic E-state index is -0.332. The highest BCUT2D eigenvalue weighted by Crippen LogP contribution is 2.37.